The number of hydrogen-bond donors (Lipinski definition) is 3. The minimum Gasteiger partial charge on any atom is -0.481 e. The highest BCUT2D eigenvalue weighted by Gasteiger charge is 2.31. The van der Waals surface area contributed by atoms with E-state index >= 15 is 0 Å². The lowest BCUT2D eigenvalue weighted by molar-refractivity contribution is -0.138. The predicted molar refractivity (Wildman–Crippen MR) is 136 cm³/mol. The molecule has 1 heterocycles. The Morgan fingerprint density at radius 2 is 1.86 bits per heavy atom. The van der Waals surface area contributed by atoms with Gasteiger partial charge in [-0.3, -0.25) is 14.6 Å². The third kappa shape index (κ3) is 6.46. The molecular weight excluding hydrogens is 444 g/mol. The van der Waals surface area contributed by atoms with Crippen LogP contribution >= 0.6 is 0 Å². The van der Waals surface area contributed by atoms with Crippen LogP contribution in [-0.2, 0) is 11.2 Å². The smallest absolute Gasteiger partial charge is 0.303 e. The Hall–Kier alpha value is -3.23. The topological polar surface area (TPSA) is 105 Å². The number of nitrogens with zero attached hydrogens (tertiary/aromatic N) is 3. The molecule has 4 rings (SSSR count). The van der Waals surface area contributed by atoms with Crippen LogP contribution in [-0.4, -0.2) is 78.0 Å². The van der Waals surface area contributed by atoms with Gasteiger partial charge in [-0.1, -0.05) is 18.2 Å². The number of anilines is 1. The Bertz CT molecular complexity index is 1060. The normalized spacial score (nSPS) is 20.6. The van der Waals surface area contributed by atoms with E-state index in [1.165, 1.54) is 0 Å². The van der Waals surface area contributed by atoms with Crippen molar-refractivity contribution in [2.45, 2.75) is 31.6 Å². The summed E-state index contributed by atoms with van der Waals surface area (Å²) in [7, 11) is 2.11. The summed E-state index contributed by atoms with van der Waals surface area (Å²) >= 11 is 0. The number of likely N-dealkylation sites (N-methyl/N-ethyl adjacent to an activating group) is 1. The van der Waals surface area contributed by atoms with E-state index in [4.69, 9.17) is 0 Å². The molecule has 0 aromatic heterocycles. The van der Waals surface area contributed by atoms with Gasteiger partial charge >= 0.3 is 5.97 Å². The predicted octanol–water partition coefficient (Wildman–Crippen LogP) is 3.02. The number of aryl methyl sites for hydroxylation is 1. The molecule has 8 nitrogen and oxygen atoms in total. The molecule has 2 atom stereocenters. The molecule has 1 aliphatic heterocycles. The van der Waals surface area contributed by atoms with E-state index in [1.54, 1.807) is 12.1 Å². The Balaban J connectivity index is 1.42. The number of rotatable bonds is 8. The monoisotopic (exact) mass is 478 g/mol. The number of carbonyl (C=O) groups excluding carboxylic acids is 1. The van der Waals surface area contributed by atoms with Gasteiger partial charge in [-0.2, -0.15) is 5.10 Å². The number of aliphatic hydroxyl groups excluding tert-OH is 1. The summed E-state index contributed by atoms with van der Waals surface area (Å²) in [5.74, 6) is -1.07. The van der Waals surface area contributed by atoms with Gasteiger partial charge < -0.3 is 20.4 Å². The van der Waals surface area contributed by atoms with Crippen molar-refractivity contribution in [3.63, 3.8) is 0 Å². The summed E-state index contributed by atoms with van der Waals surface area (Å²) in [4.78, 5) is 26.5. The lowest BCUT2D eigenvalue weighted by atomic mass is 9.72. The Kier molecular flexibility index (Phi) is 8.15. The molecule has 35 heavy (non-hydrogen) atoms. The number of nitrogens with one attached hydrogen (secondary N) is 1. The molecule has 0 spiro atoms. The van der Waals surface area contributed by atoms with Crippen molar-refractivity contribution < 1.29 is 19.8 Å². The van der Waals surface area contributed by atoms with Crippen LogP contribution in [0.3, 0.4) is 0 Å². The summed E-state index contributed by atoms with van der Waals surface area (Å²) in [6.45, 7) is 3.82. The molecule has 1 saturated heterocycles. The zero-order chi connectivity index (χ0) is 24.8. The highest BCUT2D eigenvalue weighted by molar-refractivity contribution is 6.04. The molecule has 0 bridgehead atoms. The maximum Gasteiger partial charge on any atom is 0.303 e. The van der Waals surface area contributed by atoms with E-state index in [0.29, 0.717) is 17.7 Å². The number of carbonyl (C=O) groups is 2. The number of amides is 1. The van der Waals surface area contributed by atoms with Crippen molar-refractivity contribution in [3.8, 4) is 0 Å². The molecule has 0 radical (unpaired) electrons. The van der Waals surface area contributed by atoms with Gasteiger partial charge in [0.15, 0.2) is 0 Å². The van der Waals surface area contributed by atoms with Gasteiger partial charge in [0.1, 0.15) is 0 Å². The number of hydrogen-bond acceptors (Lipinski definition) is 6. The molecule has 8 heteroatoms. The number of carboxylic acids is 1. The van der Waals surface area contributed by atoms with Crippen molar-refractivity contribution in [2.24, 2.45) is 11.0 Å². The number of carboxylic acid groups (broad SMARTS) is 1. The number of piperazine rings is 1. The summed E-state index contributed by atoms with van der Waals surface area (Å²) < 4.78 is 0. The largest absolute Gasteiger partial charge is 0.481 e. The lowest BCUT2D eigenvalue weighted by Gasteiger charge is -2.33. The van der Waals surface area contributed by atoms with E-state index in [9.17, 15) is 19.8 Å². The van der Waals surface area contributed by atoms with Crippen LogP contribution in [0.15, 0.2) is 47.6 Å². The molecule has 1 amide bonds. The zero-order valence-corrected chi connectivity index (χ0v) is 20.2. The molecule has 3 N–H and O–H groups in total. The average Bonchev–Trinajstić information content (AvgIpc) is 2.85. The van der Waals surface area contributed by atoms with Crippen molar-refractivity contribution in [1.82, 2.24) is 9.91 Å². The van der Waals surface area contributed by atoms with Crippen LogP contribution in [0.25, 0.3) is 0 Å². The molecular formula is C27H34N4O4. The number of aliphatic carboxylic acids is 1. The summed E-state index contributed by atoms with van der Waals surface area (Å²) in [5, 5.41) is 28.4. The highest BCUT2D eigenvalue weighted by Crippen LogP contribution is 2.41. The second-order valence-corrected chi connectivity index (χ2v) is 9.51. The van der Waals surface area contributed by atoms with E-state index < -0.39 is 5.97 Å². The van der Waals surface area contributed by atoms with E-state index in [1.807, 2.05) is 36.5 Å². The molecule has 2 unspecified atom stereocenters. The average molecular weight is 479 g/mol. The van der Waals surface area contributed by atoms with Gasteiger partial charge in [-0.05, 0) is 79.1 Å². The van der Waals surface area contributed by atoms with Gasteiger partial charge in [0, 0.05) is 50.5 Å². The van der Waals surface area contributed by atoms with Crippen molar-refractivity contribution >= 4 is 23.8 Å². The minimum atomic E-state index is -0.817. The van der Waals surface area contributed by atoms with Crippen LogP contribution in [0.2, 0.25) is 0 Å². The molecule has 2 aromatic carbocycles. The first kappa shape index (κ1) is 24.9. The highest BCUT2D eigenvalue weighted by atomic mass is 16.4. The minimum absolute atomic E-state index is 0.00126. The van der Waals surface area contributed by atoms with Crippen molar-refractivity contribution in [2.75, 3.05) is 45.2 Å². The fourth-order valence-corrected chi connectivity index (χ4v) is 5.02. The number of fused-ring (bicyclic) bond motifs is 1. The molecule has 2 aromatic rings. The van der Waals surface area contributed by atoms with E-state index in [0.717, 1.165) is 55.7 Å². The maximum atomic E-state index is 12.9. The Labute approximate surface area is 206 Å². The third-order valence-electron chi connectivity index (χ3n) is 7.06. The quantitative estimate of drug-likeness (QED) is 0.504. The van der Waals surface area contributed by atoms with E-state index in [-0.39, 0.29) is 30.8 Å². The lowest BCUT2D eigenvalue weighted by Crippen LogP contribution is -2.41. The standard InChI is InChI=1S/C27H34N4O4/c1-30-11-13-31(14-12-30)28-18-19-2-4-21(5-3-19)27(35)29-23-9-8-20-6-7-22(16-26(33)34)24(10-15-32)25(20)17-23/h2-5,8-9,17-18,22,24,32H,6-7,10-16H2,1H3,(H,29,35)(H,33,34). The number of aliphatic hydroxyl groups is 1. The third-order valence-corrected chi connectivity index (χ3v) is 7.06. The summed E-state index contributed by atoms with van der Waals surface area (Å²) in [5.41, 5.74) is 4.35. The first-order chi connectivity index (χ1) is 16.9. The number of hydrazone groups is 1. The maximum absolute atomic E-state index is 12.9. The van der Waals surface area contributed by atoms with Crippen LogP contribution in [0.5, 0.6) is 0 Å². The van der Waals surface area contributed by atoms with Crippen LogP contribution in [0.4, 0.5) is 5.69 Å². The van der Waals surface area contributed by atoms with Gasteiger partial charge in [-0.15, -0.1) is 0 Å². The molecule has 0 saturated carbocycles. The second-order valence-electron chi connectivity index (χ2n) is 9.51. The molecule has 1 fully saturated rings. The Morgan fingerprint density at radius 1 is 1.11 bits per heavy atom. The van der Waals surface area contributed by atoms with Gasteiger partial charge in [-0.25, -0.2) is 0 Å². The molecule has 2 aliphatic rings. The van der Waals surface area contributed by atoms with E-state index in [2.05, 4.69) is 27.4 Å². The van der Waals surface area contributed by atoms with Crippen LogP contribution < -0.4 is 5.32 Å². The Morgan fingerprint density at radius 3 is 2.54 bits per heavy atom. The fraction of sp³-hybridized carbons (Fsp3) is 0.444. The van der Waals surface area contributed by atoms with Crippen LogP contribution in [0, 0.1) is 5.92 Å². The molecule has 186 valence electrons. The zero-order valence-electron chi connectivity index (χ0n) is 20.2. The SMILES string of the molecule is CN1CCN(N=Cc2ccc(C(=O)Nc3ccc4c(c3)C(CCO)C(CC(=O)O)CC4)cc2)CC1. The molecule has 1 aliphatic carbocycles. The van der Waals surface area contributed by atoms with Crippen molar-refractivity contribution in [1.29, 1.82) is 0 Å². The first-order valence-electron chi connectivity index (χ1n) is 12.3. The van der Waals surface area contributed by atoms with Gasteiger partial charge in [0.2, 0.25) is 0 Å². The van der Waals surface area contributed by atoms with Crippen molar-refractivity contribution in [3.05, 3.63) is 64.7 Å². The summed E-state index contributed by atoms with van der Waals surface area (Å²) in [6, 6.07) is 13.2. The fourth-order valence-electron chi connectivity index (χ4n) is 5.02. The van der Waals surface area contributed by atoms with Gasteiger partial charge in [0.05, 0.1) is 6.21 Å². The first-order valence-corrected chi connectivity index (χ1v) is 12.3. The van der Waals surface area contributed by atoms with Gasteiger partial charge in [0.25, 0.3) is 5.91 Å². The second kappa shape index (κ2) is 11.5. The summed E-state index contributed by atoms with van der Waals surface area (Å²) in [6.07, 6.45) is 4.02. The number of benzene rings is 2. The van der Waals surface area contributed by atoms with Crippen LogP contribution in [0.1, 0.15) is 52.2 Å².